The summed E-state index contributed by atoms with van der Waals surface area (Å²) in [7, 11) is 0. The quantitative estimate of drug-likeness (QED) is 0.465. The Kier molecular flexibility index (Phi) is 10.4. The molecule has 0 aromatic rings. The maximum Gasteiger partial charge on any atom is 0.0620 e. The molecule has 0 fully saturated rings. The molecule has 0 amide bonds. The van der Waals surface area contributed by atoms with Crippen LogP contribution in [0.1, 0.15) is 86.5 Å². The monoisotopic (exact) mass is 292 g/mol. The van der Waals surface area contributed by atoms with Crippen LogP contribution in [0.5, 0.6) is 0 Å². The molecule has 1 atom stereocenters. The van der Waals surface area contributed by atoms with Crippen molar-refractivity contribution >= 4 is 0 Å². The van der Waals surface area contributed by atoms with Crippen LogP contribution in [0, 0.1) is 0 Å². The van der Waals surface area contributed by atoms with Gasteiger partial charge in [0.1, 0.15) is 0 Å². The molecular formula is C20H36O. The van der Waals surface area contributed by atoms with E-state index in [1.807, 2.05) is 13.8 Å². The average molecular weight is 293 g/mol. The van der Waals surface area contributed by atoms with E-state index in [-0.39, 0.29) is 0 Å². The molecule has 0 saturated heterocycles. The molecule has 0 rings (SSSR count). The fraction of sp³-hybridized carbons (Fsp3) is 0.700. The van der Waals surface area contributed by atoms with Gasteiger partial charge in [-0.25, -0.2) is 0 Å². The molecule has 0 bridgehead atoms. The summed E-state index contributed by atoms with van der Waals surface area (Å²) in [6.07, 6.45) is 14.2. The first kappa shape index (κ1) is 20.2. The molecule has 0 aliphatic heterocycles. The topological polar surface area (TPSA) is 20.2 Å². The van der Waals surface area contributed by atoms with Gasteiger partial charge in [0, 0.05) is 0 Å². The van der Waals surface area contributed by atoms with E-state index < -0.39 is 5.60 Å². The maximum atomic E-state index is 9.96. The molecule has 0 saturated carbocycles. The van der Waals surface area contributed by atoms with Gasteiger partial charge in [-0.05, 0) is 79.6 Å². The van der Waals surface area contributed by atoms with Crippen LogP contribution in [-0.4, -0.2) is 10.7 Å². The Morgan fingerprint density at radius 1 is 0.857 bits per heavy atom. The van der Waals surface area contributed by atoms with E-state index >= 15 is 0 Å². The van der Waals surface area contributed by atoms with E-state index in [2.05, 4.69) is 45.9 Å². The molecule has 1 nitrogen and oxygen atoms in total. The summed E-state index contributed by atoms with van der Waals surface area (Å²) < 4.78 is 0. The molecule has 1 N–H and O–H groups in total. The van der Waals surface area contributed by atoms with E-state index in [0.29, 0.717) is 0 Å². The van der Waals surface area contributed by atoms with Gasteiger partial charge in [0.25, 0.3) is 0 Å². The highest BCUT2D eigenvalue weighted by atomic mass is 16.3. The van der Waals surface area contributed by atoms with Crippen LogP contribution in [0.2, 0.25) is 0 Å². The Morgan fingerprint density at radius 3 is 1.81 bits per heavy atom. The van der Waals surface area contributed by atoms with E-state index in [0.717, 1.165) is 38.5 Å². The molecular weight excluding hydrogens is 256 g/mol. The lowest BCUT2D eigenvalue weighted by molar-refractivity contribution is 0.0480. The van der Waals surface area contributed by atoms with Crippen LogP contribution in [-0.2, 0) is 0 Å². The standard InChI is InChI=1S/C20H36O/c1-7-20(6,21)16-10-15-19(5)14-9-13-18(4)12-8-11-17(2)3/h11,13,15,21H,7-10,12,14,16H2,1-6H3. The lowest BCUT2D eigenvalue weighted by Gasteiger charge is -2.20. The third-order valence-corrected chi connectivity index (χ3v) is 4.06. The van der Waals surface area contributed by atoms with Crippen molar-refractivity contribution in [1.82, 2.24) is 0 Å². The van der Waals surface area contributed by atoms with Crippen LogP contribution < -0.4 is 0 Å². The average Bonchev–Trinajstić information content (AvgIpc) is 2.38. The maximum absolute atomic E-state index is 9.96. The zero-order valence-corrected chi connectivity index (χ0v) is 15.1. The minimum Gasteiger partial charge on any atom is -0.390 e. The second kappa shape index (κ2) is 10.8. The van der Waals surface area contributed by atoms with Gasteiger partial charge < -0.3 is 5.11 Å². The Bertz CT molecular complexity index is 365. The van der Waals surface area contributed by atoms with Crippen LogP contribution >= 0.6 is 0 Å². The lowest BCUT2D eigenvalue weighted by Crippen LogP contribution is -2.21. The predicted molar refractivity (Wildman–Crippen MR) is 95.6 cm³/mol. The number of hydrogen-bond donors (Lipinski definition) is 1. The molecule has 1 unspecified atom stereocenters. The highest BCUT2D eigenvalue weighted by Gasteiger charge is 2.15. The highest BCUT2D eigenvalue weighted by Crippen LogP contribution is 2.18. The first-order chi connectivity index (χ1) is 9.76. The fourth-order valence-corrected chi connectivity index (χ4v) is 2.15. The second-order valence-electron chi connectivity index (χ2n) is 6.85. The summed E-state index contributed by atoms with van der Waals surface area (Å²) in [5, 5.41) is 9.96. The second-order valence-corrected chi connectivity index (χ2v) is 6.85. The molecule has 0 aliphatic carbocycles. The van der Waals surface area contributed by atoms with Gasteiger partial charge in [0.05, 0.1) is 5.60 Å². The van der Waals surface area contributed by atoms with Gasteiger partial charge >= 0.3 is 0 Å². The van der Waals surface area contributed by atoms with Crippen LogP contribution in [0.25, 0.3) is 0 Å². The minimum atomic E-state index is -0.502. The van der Waals surface area contributed by atoms with Gasteiger partial charge in [-0.3, -0.25) is 0 Å². The molecule has 1 heteroatoms. The Hall–Kier alpha value is -0.820. The molecule has 0 heterocycles. The number of allylic oxidation sites excluding steroid dienone is 6. The third-order valence-electron chi connectivity index (χ3n) is 4.06. The zero-order chi connectivity index (χ0) is 16.3. The van der Waals surface area contributed by atoms with Crippen LogP contribution in [0.15, 0.2) is 34.9 Å². The smallest absolute Gasteiger partial charge is 0.0620 e. The summed E-state index contributed by atoms with van der Waals surface area (Å²) in [6.45, 7) is 12.7. The summed E-state index contributed by atoms with van der Waals surface area (Å²) in [5.41, 5.74) is 3.84. The van der Waals surface area contributed by atoms with E-state index in [4.69, 9.17) is 0 Å². The largest absolute Gasteiger partial charge is 0.390 e. The van der Waals surface area contributed by atoms with Gasteiger partial charge in [-0.2, -0.15) is 0 Å². The normalized spacial score (nSPS) is 15.8. The predicted octanol–water partition coefficient (Wildman–Crippen LogP) is 6.35. The number of rotatable bonds is 10. The molecule has 0 spiro atoms. The zero-order valence-electron chi connectivity index (χ0n) is 15.1. The van der Waals surface area contributed by atoms with Gasteiger partial charge in [0.15, 0.2) is 0 Å². The van der Waals surface area contributed by atoms with Crippen molar-refractivity contribution in [3.8, 4) is 0 Å². The molecule has 122 valence electrons. The van der Waals surface area contributed by atoms with E-state index in [1.54, 1.807) is 0 Å². The summed E-state index contributed by atoms with van der Waals surface area (Å²) in [5.74, 6) is 0. The van der Waals surface area contributed by atoms with Crippen LogP contribution in [0.4, 0.5) is 0 Å². The SMILES string of the molecule is CCC(C)(O)CCC=C(C)CCC=C(C)CCC=C(C)C. The molecule has 0 aromatic heterocycles. The van der Waals surface area contributed by atoms with Gasteiger partial charge in [0.2, 0.25) is 0 Å². The van der Waals surface area contributed by atoms with Crippen molar-refractivity contribution in [2.45, 2.75) is 92.1 Å². The first-order valence-corrected chi connectivity index (χ1v) is 8.44. The fourth-order valence-electron chi connectivity index (χ4n) is 2.15. The molecule has 0 aliphatic rings. The van der Waals surface area contributed by atoms with Crippen molar-refractivity contribution < 1.29 is 5.11 Å². The van der Waals surface area contributed by atoms with E-state index in [9.17, 15) is 5.11 Å². The van der Waals surface area contributed by atoms with Crippen molar-refractivity contribution in [1.29, 1.82) is 0 Å². The lowest BCUT2D eigenvalue weighted by atomic mass is 9.96. The van der Waals surface area contributed by atoms with Crippen molar-refractivity contribution in [3.05, 3.63) is 34.9 Å². The molecule has 21 heavy (non-hydrogen) atoms. The van der Waals surface area contributed by atoms with Crippen LogP contribution in [0.3, 0.4) is 0 Å². The van der Waals surface area contributed by atoms with Crippen molar-refractivity contribution in [2.24, 2.45) is 0 Å². The summed E-state index contributed by atoms with van der Waals surface area (Å²) in [6, 6.07) is 0. The summed E-state index contributed by atoms with van der Waals surface area (Å²) >= 11 is 0. The Morgan fingerprint density at radius 2 is 1.33 bits per heavy atom. The highest BCUT2D eigenvalue weighted by molar-refractivity contribution is 5.05. The Balaban J connectivity index is 3.96. The number of hydrogen-bond acceptors (Lipinski definition) is 1. The Labute approximate surface area is 132 Å². The van der Waals surface area contributed by atoms with Gasteiger partial charge in [-0.15, -0.1) is 0 Å². The van der Waals surface area contributed by atoms with Gasteiger partial charge in [-0.1, -0.05) is 41.9 Å². The first-order valence-electron chi connectivity index (χ1n) is 8.44. The summed E-state index contributed by atoms with van der Waals surface area (Å²) in [4.78, 5) is 0. The molecule has 0 aromatic carbocycles. The number of aliphatic hydroxyl groups is 1. The minimum absolute atomic E-state index is 0.502. The van der Waals surface area contributed by atoms with Crippen molar-refractivity contribution in [2.75, 3.05) is 0 Å². The molecule has 0 radical (unpaired) electrons. The van der Waals surface area contributed by atoms with Crippen molar-refractivity contribution in [3.63, 3.8) is 0 Å². The third kappa shape index (κ3) is 12.6. The van der Waals surface area contributed by atoms with E-state index in [1.165, 1.54) is 23.1 Å².